The highest BCUT2D eigenvalue weighted by atomic mass is 32.2. The molecule has 2 atom stereocenters. The van der Waals surface area contributed by atoms with Crippen LogP contribution in [0.5, 0.6) is 0 Å². The Labute approximate surface area is 189 Å². The minimum atomic E-state index is -0.526. The number of carbonyl (C=O) groups is 2. The molecule has 0 radical (unpaired) electrons. The molecule has 0 aliphatic carbocycles. The van der Waals surface area contributed by atoms with Crippen molar-refractivity contribution in [2.24, 2.45) is 5.92 Å². The molecule has 1 aromatic carbocycles. The number of benzene rings is 1. The molecule has 1 aromatic rings. The van der Waals surface area contributed by atoms with Gasteiger partial charge in [-0.1, -0.05) is 37.3 Å². The molecule has 0 N–H and O–H groups in total. The summed E-state index contributed by atoms with van der Waals surface area (Å²) in [4.78, 5) is 30.9. The highest BCUT2D eigenvalue weighted by Crippen LogP contribution is 2.45. The summed E-state index contributed by atoms with van der Waals surface area (Å²) in [6.45, 7) is 13.3. The Morgan fingerprint density at radius 2 is 1.55 bits per heavy atom. The second kappa shape index (κ2) is 11.2. The Bertz CT molecular complexity index is 760. The van der Waals surface area contributed by atoms with Gasteiger partial charge in [0.05, 0.1) is 32.3 Å². The zero-order valence-corrected chi connectivity index (χ0v) is 19.5. The zero-order valence-electron chi connectivity index (χ0n) is 18.7. The van der Waals surface area contributed by atoms with Crippen LogP contribution in [0.4, 0.5) is 0 Å². The van der Waals surface area contributed by atoms with Crippen LogP contribution in [0.25, 0.3) is 0 Å². The molecule has 0 bridgehead atoms. The minimum Gasteiger partial charge on any atom is -0.378 e. The molecule has 6 nitrogen and oxygen atoms in total. The molecule has 2 aliphatic rings. The highest BCUT2D eigenvalue weighted by Gasteiger charge is 2.41. The normalized spacial score (nSPS) is 20.1. The average molecular weight is 447 g/mol. The Kier molecular flexibility index (Phi) is 8.58. The third-order valence-corrected chi connectivity index (χ3v) is 7.87. The van der Waals surface area contributed by atoms with Crippen molar-refractivity contribution < 1.29 is 19.1 Å². The fourth-order valence-corrected chi connectivity index (χ4v) is 5.28. The largest absolute Gasteiger partial charge is 0.378 e. The van der Waals surface area contributed by atoms with Crippen LogP contribution in [0.3, 0.4) is 0 Å². The third kappa shape index (κ3) is 6.11. The van der Waals surface area contributed by atoms with Crippen LogP contribution in [0.15, 0.2) is 47.4 Å². The SMILES string of the molecule is C=C(CCC(=O)N1CCOCC1)C(C)(Sc1ccccc1)C(C)C(=O)N1CCOCC1. The molecule has 2 fully saturated rings. The summed E-state index contributed by atoms with van der Waals surface area (Å²) < 4.78 is 10.2. The Hall–Kier alpha value is -1.83. The number of carbonyl (C=O) groups excluding carboxylic acids is 2. The van der Waals surface area contributed by atoms with Gasteiger partial charge in [0.25, 0.3) is 0 Å². The van der Waals surface area contributed by atoms with Gasteiger partial charge in [0.2, 0.25) is 11.8 Å². The van der Waals surface area contributed by atoms with E-state index in [1.54, 1.807) is 11.8 Å². The van der Waals surface area contributed by atoms with Crippen molar-refractivity contribution in [1.82, 2.24) is 9.80 Å². The van der Waals surface area contributed by atoms with Crippen LogP contribution < -0.4 is 0 Å². The average Bonchev–Trinajstić information content (AvgIpc) is 2.83. The second-order valence-electron chi connectivity index (χ2n) is 8.28. The van der Waals surface area contributed by atoms with Crippen molar-refractivity contribution in [2.75, 3.05) is 52.6 Å². The lowest BCUT2D eigenvalue weighted by molar-refractivity contribution is -0.139. The van der Waals surface area contributed by atoms with Crippen LogP contribution in [-0.4, -0.2) is 79.0 Å². The van der Waals surface area contributed by atoms with Crippen molar-refractivity contribution >= 4 is 23.6 Å². The smallest absolute Gasteiger partial charge is 0.227 e. The number of amides is 2. The van der Waals surface area contributed by atoms with Gasteiger partial charge < -0.3 is 19.3 Å². The van der Waals surface area contributed by atoms with Crippen LogP contribution in [0.2, 0.25) is 0 Å². The molecule has 7 heteroatoms. The Morgan fingerprint density at radius 1 is 1.00 bits per heavy atom. The van der Waals surface area contributed by atoms with Gasteiger partial charge >= 0.3 is 0 Å². The van der Waals surface area contributed by atoms with E-state index < -0.39 is 4.75 Å². The quantitative estimate of drug-likeness (QED) is 0.453. The van der Waals surface area contributed by atoms with Crippen molar-refractivity contribution in [2.45, 2.75) is 36.3 Å². The predicted molar refractivity (Wildman–Crippen MR) is 123 cm³/mol. The van der Waals surface area contributed by atoms with Gasteiger partial charge in [-0.3, -0.25) is 9.59 Å². The van der Waals surface area contributed by atoms with E-state index in [0.29, 0.717) is 65.4 Å². The maximum Gasteiger partial charge on any atom is 0.227 e. The molecule has 2 aliphatic heterocycles. The first-order chi connectivity index (χ1) is 14.9. The van der Waals surface area contributed by atoms with E-state index in [-0.39, 0.29) is 17.7 Å². The van der Waals surface area contributed by atoms with Crippen molar-refractivity contribution in [3.8, 4) is 0 Å². The molecule has 2 heterocycles. The van der Waals surface area contributed by atoms with Crippen molar-refractivity contribution in [3.63, 3.8) is 0 Å². The summed E-state index contributed by atoms with van der Waals surface area (Å²) in [5, 5.41) is 0. The fourth-order valence-electron chi connectivity index (χ4n) is 3.97. The van der Waals surface area contributed by atoms with E-state index in [2.05, 4.69) is 25.6 Å². The first-order valence-electron chi connectivity index (χ1n) is 11.1. The van der Waals surface area contributed by atoms with Gasteiger partial charge in [0.15, 0.2) is 0 Å². The summed E-state index contributed by atoms with van der Waals surface area (Å²) in [6.07, 6.45) is 0.968. The molecule has 0 aromatic heterocycles. The van der Waals surface area contributed by atoms with Crippen LogP contribution in [0, 0.1) is 5.92 Å². The van der Waals surface area contributed by atoms with Gasteiger partial charge in [0, 0.05) is 42.2 Å². The summed E-state index contributed by atoms with van der Waals surface area (Å²) in [5.41, 5.74) is 0.928. The highest BCUT2D eigenvalue weighted by molar-refractivity contribution is 8.01. The standard InChI is InChI=1S/C24H34N2O4S/c1-19(9-10-22(27)25-11-15-29-16-12-25)24(3,31-21-7-5-4-6-8-21)20(2)23(28)26-13-17-30-18-14-26/h4-8,20H,1,9-18H2,2-3H3. The van der Waals surface area contributed by atoms with E-state index in [1.165, 1.54) is 0 Å². The van der Waals surface area contributed by atoms with Crippen LogP contribution >= 0.6 is 11.8 Å². The van der Waals surface area contributed by atoms with Gasteiger partial charge in [-0.05, 0) is 25.5 Å². The molecule has 0 spiro atoms. The predicted octanol–water partition coefficient (Wildman–Crippen LogP) is 3.23. The molecule has 2 amide bonds. The van der Waals surface area contributed by atoms with E-state index in [0.717, 1.165) is 10.5 Å². The maximum absolute atomic E-state index is 13.4. The number of hydrogen-bond acceptors (Lipinski definition) is 5. The van der Waals surface area contributed by atoms with E-state index in [1.807, 2.05) is 34.9 Å². The summed E-state index contributed by atoms with van der Waals surface area (Å²) in [7, 11) is 0. The summed E-state index contributed by atoms with van der Waals surface area (Å²) in [6, 6.07) is 10.1. The lowest BCUT2D eigenvalue weighted by Gasteiger charge is -2.40. The van der Waals surface area contributed by atoms with Gasteiger partial charge in [-0.15, -0.1) is 11.8 Å². The molecular formula is C24H34N2O4S. The molecule has 3 rings (SSSR count). The monoisotopic (exact) mass is 446 g/mol. The Morgan fingerprint density at radius 3 is 2.13 bits per heavy atom. The van der Waals surface area contributed by atoms with E-state index in [9.17, 15) is 9.59 Å². The van der Waals surface area contributed by atoms with E-state index >= 15 is 0 Å². The number of morpholine rings is 2. The first kappa shape index (κ1) is 23.8. The van der Waals surface area contributed by atoms with Crippen molar-refractivity contribution in [3.05, 3.63) is 42.5 Å². The second-order valence-corrected chi connectivity index (χ2v) is 9.80. The lowest BCUT2D eigenvalue weighted by atomic mass is 9.84. The lowest BCUT2D eigenvalue weighted by Crippen LogP contribution is -2.48. The third-order valence-electron chi connectivity index (χ3n) is 6.30. The molecular weight excluding hydrogens is 412 g/mol. The molecule has 2 unspecified atom stereocenters. The number of ether oxygens (including phenoxy) is 2. The van der Waals surface area contributed by atoms with E-state index in [4.69, 9.17) is 9.47 Å². The number of rotatable bonds is 8. The molecule has 170 valence electrons. The Balaban J connectivity index is 1.73. The topological polar surface area (TPSA) is 59.1 Å². The maximum atomic E-state index is 13.4. The number of nitrogens with zero attached hydrogens (tertiary/aromatic N) is 2. The van der Waals surface area contributed by atoms with Gasteiger partial charge in [0.1, 0.15) is 0 Å². The minimum absolute atomic E-state index is 0.120. The van der Waals surface area contributed by atoms with Gasteiger partial charge in [-0.2, -0.15) is 0 Å². The van der Waals surface area contributed by atoms with Crippen LogP contribution in [-0.2, 0) is 19.1 Å². The van der Waals surface area contributed by atoms with Crippen molar-refractivity contribution in [1.29, 1.82) is 0 Å². The summed E-state index contributed by atoms with van der Waals surface area (Å²) >= 11 is 1.66. The fraction of sp³-hybridized carbons (Fsp3) is 0.583. The number of thioether (sulfide) groups is 1. The van der Waals surface area contributed by atoms with Crippen LogP contribution in [0.1, 0.15) is 26.7 Å². The van der Waals surface area contributed by atoms with Gasteiger partial charge in [-0.25, -0.2) is 0 Å². The molecule has 0 saturated carbocycles. The molecule has 2 saturated heterocycles. The first-order valence-corrected chi connectivity index (χ1v) is 11.9. The molecule has 31 heavy (non-hydrogen) atoms. The summed E-state index contributed by atoms with van der Waals surface area (Å²) in [5.74, 6) is -0.0275. The number of hydrogen-bond donors (Lipinski definition) is 0. The zero-order chi connectivity index (χ0) is 22.3.